The second kappa shape index (κ2) is 7.06. The van der Waals surface area contributed by atoms with Crippen molar-refractivity contribution in [2.45, 2.75) is 12.5 Å². The topological polar surface area (TPSA) is 128 Å². The number of carboxylic acid groups (broad SMARTS) is 2. The standard InChI is InChI=1S/C11H12N2O2.C4H7NO2/c12-9(11(14)15)5-7-6-13-10-4-2-1-3-8(7)10;6-4(7)3-1-5-2-3/h1-4,6,9,13H,5,12H2,(H,14,15);3,5H,1-2H2,(H,6,7)/t9-;/m0./s1. The summed E-state index contributed by atoms with van der Waals surface area (Å²) >= 11 is 0. The molecule has 0 radical (unpaired) electrons. The van der Waals surface area contributed by atoms with Crippen molar-refractivity contribution < 1.29 is 19.8 Å². The molecule has 0 aliphatic carbocycles. The van der Waals surface area contributed by atoms with Gasteiger partial charge in [-0.3, -0.25) is 9.59 Å². The Bertz CT molecular complexity index is 664. The van der Waals surface area contributed by atoms with Gasteiger partial charge in [-0.2, -0.15) is 0 Å². The fourth-order valence-corrected chi connectivity index (χ4v) is 2.09. The molecule has 3 rings (SSSR count). The zero-order chi connectivity index (χ0) is 16.1. The van der Waals surface area contributed by atoms with Gasteiger partial charge in [0.2, 0.25) is 0 Å². The summed E-state index contributed by atoms with van der Waals surface area (Å²) in [7, 11) is 0. The minimum Gasteiger partial charge on any atom is -0.481 e. The first kappa shape index (κ1) is 16.0. The van der Waals surface area contributed by atoms with E-state index in [1.807, 2.05) is 30.5 Å². The normalized spacial score (nSPS) is 15.5. The molecule has 0 unspecified atom stereocenters. The van der Waals surface area contributed by atoms with E-state index in [-0.39, 0.29) is 5.92 Å². The van der Waals surface area contributed by atoms with Crippen molar-refractivity contribution in [1.82, 2.24) is 10.3 Å². The average Bonchev–Trinajstić information content (AvgIpc) is 2.80. The molecular formula is C15H19N3O4. The number of aliphatic carboxylic acids is 2. The first-order valence-electron chi connectivity index (χ1n) is 6.96. The van der Waals surface area contributed by atoms with Crippen LogP contribution in [0.5, 0.6) is 0 Å². The SMILES string of the molecule is N[C@@H](Cc1c[nH]c2ccccc12)C(=O)O.O=C(O)C1CNC1. The third kappa shape index (κ3) is 3.84. The summed E-state index contributed by atoms with van der Waals surface area (Å²) in [6.07, 6.45) is 2.16. The lowest BCUT2D eigenvalue weighted by molar-refractivity contribution is -0.143. The second-order valence-corrected chi connectivity index (χ2v) is 5.20. The summed E-state index contributed by atoms with van der Waals surface area (Å²) in [5, 5.41) is 20.8. The number of hydrogen-bond acceptors (Lipinski definition) is 4. The lowest BCUT2D eigenvalue weighted by atomic mass is 10.1. The summed E-state index contributed by atoms with van der Waals surface area (Å²) in [6.45, 7) is 1.30. The lowest BCUT2D eigenvalue weighted by Crippen LogP contribution is -2.46. The smallest absolute Gasteiger partial charge is 0.320 e. The Morgan fingerprint density at radius 2 is 1.95 bits per heavy atom. The van der Waals surface area contributed by atoms with Crippen molar-refractivity contribution in [3.05, 3.63) is 36.0 Å². The number of aromatic amines is 1. The Kier molecular flexibility index (Phi) is 5.13. The highest BCUT2D eigenvalue weighted by Gasteiger charge is 2.23. The molecule has 1 atom stereocenters. The molecule has 2 heterocycles. The van der Waals surface area contributed by atoms with Crippen LogP contribution in [-0.2, 0) is 16.0 Å². The monoisotopic (exact) mass is 305 g/mol. The maximum atomic E-state index is 10.6. The highest BCUT2D eigenvalue weighted by molar-refractivity contribution is 5.84. The number of rotatable bonds is 4. The summed E-state index contributed by atoms with van der Waals surface area (Å²) in [5.74, 6) is -1.76. The van der Waals surface area contributed by atoms with Crippen LogP contribution < -0.4 is 11.1 Å². The largest absolute Gasteiger partial charge is 0.481 e. The highest BCUT2D eigenvalue weighted by atomic mass is 16.4. The third-order valence-corrected chi connectivity index (χ3v) is 3.56. The van der Waals surface area contributed by atoms with Gasteiger partial charge in [-0.25, -0.2) is 0 Å². The predicted molar refractivity (Wildman–Crippen MR) is 81.6 cm³/mol. The van der Waals surface area contributed by atoms with Crippen LogP contribution in [0.4, 0.5) is 0 Å². The maximum absolute atomic E-state index is 10.6. The molecular weight excluding hydrogens is 286 g/mol. The molecule has 0 amide bonds. The van der Waals surface area contributed by atoms with Crippen LogP contribution in [0.3, 0.4) is 0 Å². The number of benzene rings is 1. The quantitative estimate of drug-likeness (QED) is 0.556. The molecule has 1 aromatic carbocycles. The summed E-state index contributed by atoms with van der Waals surface area (Å²) < 4.78 is 0. The Hall–Kier alpha value is -2.38. The highest BCUT2D eigenvalue weighted by Crippen LogP contribution is 2.18. The molecule has 6 N–H and O–H groups in total. The Balaban J connectivity index is 0.000000211. The van der Waals surface area contributed by atoms with Crippen molar-refractivity contribution >= 4 is 22.8 Å². The number of carboxylic acids is 2. The molecule has 2 aromatic rings. The van der Waals surface area contributed by atoms with Gasteiger partial charge < -0.3 is 26.2 Å². The van der Waals surface area contributed by atoms with Gasteiger partial charge in [0, 0.05) is 36.6 Å². The molecule has 1 aromatic heterocycles. The molecule has 0 bridgehead atoms. The van der Waals surface area contributed by atoms with Crippen LogP contribution >= 0.6 is 0 Å². The van der Waals surface area contributed by atoms with E-state index >= 15 is 0 Å². The lowest BCUT2D eigenvalue weighted by Gasteiger charge is -2.21. The molecule has 118 valence electrons. The van der Waals surface area contributed by atoms with E-state index < -0.39 is 18.0 Å². The number of para-hydroxylation sites is 1. The van der Waals surface area contributed by atoms with Crippen molar-refractivity contribution in [2.75, 3.05) is 13.1 Å². The zero-order valence-electron chi connectivity index (χ0n) is 12.0. The molecule has 7 heteroatoms. The molecule has 7 nitrogen and oxygen atoms in total. The molecule has 0 spiro atoms. The number of nitrogens with two attached hydrogens (primary N) is 1. The van der Waals surface area contributed by atoms with Crippen molar-refractivity contribution in [2.24, 2.45) is 11.7 Å². The van der Waals surface area contributed by atoms with Gasteiger partial charge in [-0.15, -0.1) is 0 Å². The molecule has 22 heavy (non-hydrogen) atoms. The second-order valence-electron chi connectivity index (χ2n) is 5.20. The fraction of sp³-hybridized carbons (Fsp3) is 0.333. The van der Waals surface area contributed by atoms with Gasteiger partial charge in [0.1, 0.15) is 6.04 Å². The van der Waals surface area contributed by atoms with Crippen molar-refractivity contribution in [3.63, 3.8) is 0 Å². The van der Waals surface area contributed by atoms with E-state index in [2.05, 4.69) is 10.3 Å². The number of aromatic nitrogens is 1. The molecule has 1 aliphatic heterocycles. The third-order valence-electron chi connectivity index (χ3n) is 3.56. The minimum absolute atomic E-state index is 0.111. The molecule has 1 aliphatic rings. The van der Waals surface area contributed by atoms with Crippen LogP contribution in [0.25, 0.3) is 10.9 Å². The van der Waals surface area contributed by atoms with Gasteiger partial charge in [0.25, 0.3) is 0 Å². The van der Waals surface area contributed by atoms with Gasteiger partial charge in [0.05, 0.1) is 5.92 Å². The van der Waals surface area contributed by atoms with Crippen molar-refractivity contribution in [3.8, 4) is 0 Å². The number of fused-ring (bicyclic) bond motifs is 1. The first-order chi connectivity index (χ1) is 10.5. The van der Waals surface area contributed by atoms with Gasteiger partial charge in [0.15, 0.2) is 0 Å². The number of hydrogen-bond donors (Lipinski definition) is 5. The van der Waals surface area contributed by atoms with E-state index in [9.17, 15) is 9.59 Å². The predicted octanol–water partition coefficient (Wildman–Crippen LogP) is 0.413. The minimum atomic E-state index is -0.972. The van der Waals surface area contributed by atoms with Crippen LogP contribution in [0.15, 0.2) is 30.5 Å². The Morgan fingerprint density at radius 1 is 1.27 bits per heavy atom. The maximum Gasteiger partial charge on any atom is 0.320 e. The summed E-state index contributed by atoms with van der Waals surface area (Å²) in [5.41, 5.74) is 7.43. The van der Waals surface area contributed by atoms with Crippen LogP contribution in [0, 0.1) is 5.92 Å². The molecule has 0 saturated carbocycles. The van der Waals surface area contributed by atoms with Crippen molar-refractivity contribution in [1.29, 1.82) is 0 Å². The number of nitrogens with one attached hydrogen (secondary N) is 2. The Labute approximate surface area is 127 Å². The van der Waals surface area contributed by atoms with Crippen LogP contribution in [-0.4, -0.2) is 46.3 Å². The van der Waals surface area contributed by atoms with Crippen LogP contribution in [0.2, 0.25) is 0 Å². The summed E-state index contributed by atoms with van der Waals surface area (Å²) in [6, 6.07) is 6.91. The Morgan fingerprint density at radius 3 is 2.45 bits per heavy atom. The van der Waals surface area contributed by atoms with E-state index in [0.717, 1.165) is 16.5 Å². The van der Waals surface area contributed by atoms with E-state index in [4.69, 9.17) is 15.9 Å². The van der Waals surface area contributed by atoms with Gasteiger partial charge in [-0.1, -0.05) is 18.2 Å². The van der Waals surface area contributed by atoms with Gasteiger partial charge >= 0.3 is 11.9 Å². The summed E-state index contributed by atoms with van der Waals surface area (Å²) in [4.78, 5) is 23.7. The first-order valence-corrected chi connectivity index (χ1v) is 6.96. The van der Waals surface area contributed by atoms with Gasteiger partial charge in [-0.05, 0) is 11.6 Å². The van der Waals surface area contributed by atoms with E-state index in [1.54, 1.807) is 0 Å². The molecule has 1 saturated heterocycles. The van der Waals surface area contributed by atoms with E-state index in [1.165, 1.54) is 0 Å². The zero-order valence-corrected chi connectivity index (χ0v) is 12.0. The average molecular weight is 305 g/mol. The number of H-pyrrole nitrogens is 1. The number of carbonyl (C=O) groups is 2. The van der Waals surface area contributed by atoms with Crippen LogP contribution in [0.1, 0.15) is 5.56 Å². The fourth-order valence-electron chi connectivity index (χ4n) is 2.09. The molecule has 1 fully saturated rings. The van der Waals surface area contributed by atoms with E-state index in [0.29, 0.717) is 19.5 Å².